The first-order valence-electron chi connectivity index (χ1n) is 11.9. The van der Waals surface area contributed by atoms with Crippen LogP contribution < -0.4 is 10.0 Å². The average Bonchev–Trinajstić information content (AvgIpc) is 2.90. The van der Waals surface area contributed by atoms with Crippen LogP contribution in [0, 0.1) is 0 Å². The van der Waals surface area contributed by atoms with Crippen molar-refractivity contribution in [1.82, 2.24) is 10.0 Å². The van der Waals surface area contributed by atoms with Crippen molar-refractivity contribution in [2.75, 3.05) is 12.8 Å². The maximum absolute atomic E-state index is 13.3. The van der Waals surface area contributed by atoms with E-state index < -0.39 is 34.3 Å². The molecule has 0 heterocycles. The Balaban J connectivity index is 1.55. The zero-order valence-corrected chi connectivity index (χ0v) is 21.2. The van der Waals surface area contributed by atoms with Crippen LogP contribution in [0.2, 0.25) is 0 Å². The molecule has 188 valence electrons. The Kier molecular flexibility index (Phi) is 8.28. The molecule has 0 spiro atoms. The summed E-state index contributed by atoms with van der Waals surface area (Å²) in [5, 5.41) is 5.10. The second kappa shape index (κ2) is 11.8. The number of carbonyl (C=O) groups is 2. The monoisotopic (exact) mass is 512 g/mol. The molecule has 37 heavy (non-hydrogen) atoms. The largest absolute Gasteiger partial charge is 0.342 e. The van der Waals surface area contributed by atoms with Gasteiger partial charge >= 0.3 is 0 Å². The quantitative estimate of drug-likeness (QED) is 0.307. The van der Waals surface area contributed by atoms with Gasteiger partial charge in [0.1, 0.15) is 0 Å². The summed E-state index contributed by atoms with van der Waals surface area (Å²) in [7, 11) is -3.55. The zero-order valence-electron chi connectivity index (χ0n) is 20.4. The molecule has 0 saturated carbocycles. The molecule has 0 fully saturated rings. The molecule has 0 saturated heterocycles. The number of hydrogen-bond acceptors (Lipinski definition) is 4. The summed E-state index contributed by atoms with van der Waals surface area (Å²) in [6.45, 7) is -0.403. The Morgan fingerprint density at radius 1 is 0.811 bits per heavy atom. The number of benzene rings is 4. The van der Waals surface area contributed by atoms with Gasteiger partial charge in [-0.1, -0.05) is 97.1 Å². The van der Waals surface area contributed by atoms with Gasteiger partial charge in [-0.25, -0.2) is 13.1 Å². The van der Waals surface area contributed by atoms with E-state index in [0.29, 0.717) is 11.1 Å². The van der Waals surface area contributed by atoms with E-state index in [9.17, 15) is 18.0 Å². The third-order valence-corrected chi connectivity index (χ3v) is 6.59. The number of nitrogens with one attached hydrogen (secondary N) is 2. The van der Waals surface area contributed by atoms with Gasteiger partial charge in [-0.2, -0.15) is 0 Å². The Labute approximate surface area is 217 Å². The van der Waals surface area contributed by atoms with Gasteiger partial charge in [0.05, 0.1) is 18.8 Å². The van der Waals surface area contributed by atoms with E-state index in [4.69, 9.17) is 0 Å². The van der Waals surface area contributed by atoms with Crippen LogP contribution in [-0.2, 0) is 21.2 Å². The minimum atomic E-state index is -3.55. The minimum absolute atomic E-state index is 0.242. The number of rotatable bonds is 10. The number of carbonyl (C=O) groups excluding carboxylic acids is 2. The fourth-order valence-electron chi connectivity index (χ4n) is 4.00. The summed E-state index contributed by atoms with van der Waals surface area (Å²) in [4.78, 5) is 26.2. The number of fused-ring (bicyclic) bond motifs is 1. The van der Waals surface area contributed by atoms with Crippen molar-refractivity contribution in [3.8, 4) is 0 Å². The van der Waals surface area contributed by atoms with Crippen LogP contribution in [0.3, 0.4) is 0 Å². The van der Waals surface area contributed by atoms with Gasteiger partial charge in [0, 0.05) is 5.56 Å². The lowest BCUT2D eigenvalue weighted by Gasteiger charge is -2.19. The predicted molar refractivity (Wildman–Crippen MR) is 149 cm³/mol. The van der Waals surface area contributed by atoms with Gasteiger partial charge in [-0.05, 0) is 46.0 Å². The minimum Gasteiger partial charge on any atom is -0.342 e. The Morgan fingerprint density at radius 2 is 1.49 bits per heavy atom. The molecule has 0 aliphatic heterocycles. The van der Waals surface area contributed by atoms with Crippen molar-refractivity contribution >= 4 is 44.6 Å². The van der Waals surface area contributed by atoms with E-state index in [-0.39, 0.29) is 6.42 Å². The third-order valence-electron chi connectivity index (χ3n) is 5.92. The molecule has 1 amide bonds. The van der Waals surface area contributed by atoms with Crippen LogP contribution in [-0.4, -0.2) is 39.0 Å². The lowest BCUT2D eigenvalue weighted by Crippen LogP contribution is -2.46. The van der Waals surface area contributed by atoms with Gasteiger partial charge in [0.2, 0.25) is 10.0 Å². The summed E-state index contributed by atoms with van der Waals surface area (Å²) >= 11 is 0. The molecule has 0 radical (unpaired) electrons. The van der Waals surface area contributed by atoms with Crippen LogP contribution in [0.5, 0.6) is 0 Å². The molecule has 0 aliphatic carbocycles. The van der Waals surface area contributed by atoms with Crippen LogP contribution in [0.15, 0.2) is 97.1 Å². The summed E-state index contributed by atoms with van der Waals surface area (Å²) in [5.74, 6) is -0.834. The maximum Gasteiger partial charge on any atom is 0.252 e. The number of sulfonamides is 1. The molecule has 2 N–H and O–H groups in total. The van der Waals surface area contributed by atoms with Crippen molar-refractivity contribution in [2.45, 2.75) is 12.5 Å². The summed E-state index contributed by atoms with van der Waals surface area (Å²) in [5.41, 5.74) is 2.97. The SMILES string of the molecule is CS(=O)(=O)NCC(=O)[C@H](Cc1ccccc1)NC(=O)c1ccccc1C=Cc1ccc2ccccc2c1. The molecule has 7 heteroatoms. The van der Waals surface area contributed by atoms with E-state index in [1.165, 1.54) is 0 Å². The van der Waals surface area contributed by atoms with Crippen LogP contribution in [0.4, 0.5) is 0 Å². The second-order valence-electron chi connectivity index (χ2n) is 8.80. The molecule has 4 aromatic rings. The van der Waals surface area contributed by atoms with E-state index in [0.717, 1.165) is 28.2 Å². The van der Waals surface area contributed by atoms with Gasteiger partial charge in [0.25, 0.3) is 5.91 Å². The molecule has 4 rings (SSSR count). The van der Waals surface area contributed by atoms with Gasteiger partial charge < -0.3 is 5.32 Å². The molecule has 6 nitrogen and oxygen atoms in total. The second-order valence-corrected chi connectivity index (χ2v) is 10.6. The van der Waals surface area contributed by atoms with E-state index in [2.05, 4.69) is 34.3 Å². The lowest BCUT2D eigenvalue weighted by atomic mass is 10.00. The highest BCUT2D eigenvalue weighted by atomic mass is 32.2. The number of Topliss-reactive ketones (excluding diaryl/α,β-unsaturated/α-hetero) is 1. The van der Waals surface area contributed by atoms with Gasteiger partial charge in [0.15, 0.2) is 5.78 Å². The van der Waals surface area contributed by atoms with Crippen molar-refractivity contribution in [2.24, 2.45) is 0 Å². The summed E-state index contributed by atoms with van der Waals surface area (Å²) in [6, 6.07) is 29.8. The standard InChI is InChI=1S/C30H28N2O4S/c1-37(35,36)31-21-29(33)28(20-22-9-3-2-4-10-22)32-30(34)27-14-8-7-12-25(27)18-16-23-15-17-24-11-5-6-13-26(24)19-23/h2-19,28,31H,20-21H2,1H3,(H,32,34)/t28-/m0/s1. The van der Waals surface area contributed by atoms with Crippen molar-refractivity contribution in [3.63, 3.8) is 0 Å². The van der Waals surface area contributed by atoms with Crippen molar-refractivity contribution < 1.29 is 18.0 Å². The van der Waals surface area contributed by atoms with Crippen LogP contribution in [0.25, 0.3) is 22.9 Å². The van der Waals surface area contributed by atoms with Gasteiger partial charge in [-0.15, -0.1) is 0 Å². The Bertz CT molecular complexity index is 1550. The topological polar surface area (TPSA) is 92.3 Å². The lowest BCUT2D eigenvalue weighted by molar-refractivity contribution is -0.119. The Morgan fingerprint density at radius 3 is 2.24 bits per heavy atom. The molecule has 0 bridgehead atoms. The molecule has 0 aromatic heterocycles. The first kappa shape index (κ1) is 26.0. The molecule has 4 aromatic carbocycles. The maximum atomic E-state index is 13.3. The van der Waals surface area contributed by atoms with E-state index >= 15 is 0 Å². The zero-order chi connectivity index (χ0) is 26.3. The predicted octanol–water partition coefficient (Wildman–Crippen LogP) is 4.47. The smallest absolute Gasteiger partial charge is 0.252 e. The first-order valence-corrected chi connectivity index (χ1v) is 13.8. The fourth-order valence-corrected chi connectivity index (χ4v) is 4.41. The van der Waals surface area contributed by atoms with E-state index in [1.807, 2.05) is 72.8 Å². The van der Waals surface area contributed by atoms with Crippen LogP contribution >= 0.6 is 0 Å². The average molecular weight is 513 g/mol. The molecule has 0 unspecified atom stereocenters. The fraction of sp³-hybridized carbons (Fsp3) is 0.133. The summed E-state index contributed by atoms with van der Waals surface area (Å²) < 4.78 is 25.2. The molecule has 0 aliphatic rings. The Hall–Kier alpha value is -4.07. The normalized spacial score (nSPS) is 12.5. The number of hydrogen-bond donors (Lipinski definition) is 2. The number of ketones is 1. The van der Waals surface area contributed by atoms with Gasteiger partial charge in [-0.3, -0.25) is 9.59 Å². The highest BCUT2D eigenvalue weighted by Gasteiger charge is 2.23. The number of amides is 1. The molecule has 1 atom stereocenters. The highest BCUT2D eigenvalue weighted by Crippen LogP contribution is 2.19. The highest BCUT2D eigenvalue weighted by molar-refractivity contribution is 7.88. The van der Waals surface area contributed by atoms with E-state index in [1.54, 1.807) is 12.1 Å². The third kappa shape index (κ3) is 7.46. The van der Waals surface area contributed by atoms with Crippen LogP contribution in [0.1, 0.15) is 27.0 Å². The molecular weight excluding hydrogens is 484 g/mol. The molecular formula is C30H28N2O4S. The van der Waals surface area contributed by atoms with Crippen molar-refractivity contribution in [1.29, 1.82) is 0 Å². The summed E-state index contributed by atoms with van der Waals surface area (Å²) in [6.07, 6.45) is 5.05. The first-order chi connectivity index (χ1) is 17.8. The van der Waals surface area contributed by atoms with Crippen molar-refractivity contribution in [3.05, 3.63) is 119 Å².